The minimum absolute atomic E-state index is 0.172. The number of rotatable bonds is 6. The van der Waals surface area contributed by atoms with Crippen molar-refractivity contribution in [3.8, 4) is 0 Å². The van der Waals surface area contributed by atoms with Crippen LogP contribution < -0.4 is 5.32 Å². The standard InChI is InChI=1S/C17H27NO/c1-3-14-9-11-15(12-10-14)17(4-2,13-19)18-16-7-5-6-8-16/h9-12,16,18-19H,3-8,13H2,1-2H3. The molecule has 1 aromatic carbocycles. The average Bonchev–Trinajstić information content (AvgIpc) is 2.98. The fourth-order valence-corrected chi connectivity index (χ4v) is 3.16. The van der Waals surface area contributed by atoms with Gasteiger partial charge in [0.2, 0.25) is 0 Å². The van der Waals surface area contributed by atoms with Gasteiger partial charge in [0.05, 0.1) is 12.1 Å². The van der Waals surface area contributed by atoms with E-state index in [2.05, 4.69) is 43.4 Å². The Morgan fingerprint density at radius 2 is 1.79 bits per heavy atom. The van der Waals surface area contributed by atoms with Gasteiger partial charge >= 0.3 is 0 Å². The van der Waals surface area contributed by atoms with Crippen LogP contribution in [0.25, 0.3) is 0 Å². The van der Waals surface area contributed by atoms with E-state index in [-0.39, 0.29) is 12.1 Å². The Balaban J connectivity index is 2.20. The smallest absolute Gasteiger partial charge is 0.0668 e. The number of aliphatic hydroxyl groups excluding tert-OH is 1. The molecule has 1 atom stereocenters. The van der Waals surface area contributed by atoms with E-state index < -0.39 is 0 Å². The Morgan fingerprint density at radius 1 is 1.16 bits per heavy atom. The van der Waals surface area contributed by atoms with Crippen LogP contribution in [0.3, 0.4) is 0 Å². The van der Waals surface area contributed by atoms with E-state index in [1.807, 2.05) is 0 Å². The highest BCUT2D eigenvalue weighted by Gasteiger charge is 2.32. The van der Waals surface area contributed by atoms with Crippen LogP contribution in [0.2, 0.25) is 0 Å². The Morgan fingerprint density at radius 3 is 2.26 bits per heavy atom. The van der Waals surface area contributed by atoms with Gasteiger partial charge in [-0.25, -0.2) is 0 Å². The van der Waals surface area contributed by atoms with Crippen molar-refractivity contribution in [2.45, 2.75) is 64.0 Å². The summed E-state index contributed by atoms with van der Waals surface area (Å²) in [6.07, 6.45) is 7.11. The van der Waals surface area contributed by atoms with Gasteiger partial charge in [0.15, 0.2) is 0 Å². The van der Waals surface area contributed by atoms with Crippen molar-refractivity contribution in [3.63, 3.8) is 0 Å². The highest BCUT2D eigenvalue weighted by Crippen LogP contribution is 2.29. The molecule has 1 aliphatic carbocycles. The highest BCUT2D eigenvalue weighted by molar-refractivity contribution is 5.29. The van der Waals surface area contributed by atoms with E-state index in [0.29, 0.717) is 6.04 Å². The molecule has 0 bridgehead atoms. The van der Waals surface area contributed by atoms with Crippen LogP contribution in [-0.2, 0) is 12.0 Å². The third-order valence-corrected chi connectivity index (χ3v) is 4.62. The van der Waals surface area contributed by atoms with Crippen molar-refractivity contribution in [3.05, 3.63) is 35.4 Å². The van der Waals surface area contributed by atoms with Gasteiger partial charge in [-0.1, -0.05) is 51.0 Å². The molecular weight excluding hydrogens is 234 g/mol. The van der Waals surface area contributed by atoms with Crippen LogP contribution in [-0.4, -0.2) is 17.8 Å². The first-order valence-corrected chi connectivity index (χ1v) is 7.72. The van der Waals surface area contributed by atoms with Crippen molar-refractivity contribution in [1.29, 1.82) is 0 Å². The maximum absolute atomic E-state index is 9.95. The molecule has 0 spiro atoms. The molecule has 106 valence electrons. The van der Waals surface area contributed by atoms with Crippen molar-refractivity contribution in [2.24, 2.45) is 0 Å². The Hall–Kier alpha value is -0.860. The predicted octanol–water partition coefficient (Wildman–Crippen LogP) is 3.38. The average molecular weight is 261 g/mol. The van der Waals surface area contributed by atoms with Crippen LogP contribution in [0, 0.1) is 0 Å². The molecular formula is C17H27NO. The minimum atomic E-state index is -0.263. The molecule has 0 radical (unpaired) electrons. The second-order valence-corrected chi connectivity index (χ2v) is 5.77. The zero-order valence-electron chi connectivity index (χ0n) is 12.3. The van der Waals surface area contributed by atoms with E-state index in [4.69, 9.17) is 0 Å². The second-order valence-electron chi connectivity index (χ2n) is 5.77. The highest BCUT2D eigenvalue weighted by atomic mass is 16.3. The quantitative estimate of drug-likeness (QED) is 0.823. The fraction of sp³-hybridized carbons (Fsp3) is 0.647. The molecule has 2 nitrogen and oxygen atoms in total. The summed E-state index contributed by atoms with van der Waals surface area (Å²) in [4.78, 5) is 0. The van der Waals surface area contributed by atoms with Crippen LogP contribution in [0.15, 0.2) is 24.3 Å². The van der Waals surface area contributed by atoms with Gasteiger partial charge in [-0.15, -0.1) is 0 Å². The van der Waals surface area contributed by atoms with Gasteiger partial charge < -0.3 is 10.4 Å². The maximum Gasteiger partial charge on any atom is 0.0668 e. The van der Waals surface area contributed by atoms with Gasteiger partial charge in [-0.05, 0) is 36.8 Å². The number of aryl methyl sites for hydroxylation is 1. The van der Waals surface area contributed by atoms with Crippen molar-refractivity contribution < 1.29 is 5.11 Å². The van der Waals surface area contributed by atoms with E-state index in [9.17, 15) is 5.11 Å². The number of aliphatic hydroxyl groups is 1. The van der Waals surface area contributed by atoms with Crippen molar-refractivity contribution in [1.82, 2.24) is 5.32 Å². The number of hydrogen-bond donors (Lipinski definition) is 2. The summed E-state index contributed by atoms with van der Waals surface area (Å²) in [5.41, 5.74) is 2.32. The molecule has 0 amide bonds. The van der Waals surface area contributed by atoms with Crippen LogP contribution in [0.1, 0.15) is 57.1 Å². The zero-order chi connectivity index (χ0) is 13.7. The molecule has 0 saturated heterocycles. The maximum atomic E-state index is 9.95. The summed E-state index contributed by atoms with van der Waals surface area (Å²) in [7, 11) is 0. The van der Waals surface area contributed by atoms with E-state index in [1.165, 1.54) is 36.8 Å². The summed E-state index contributed by atoms with van der Waals surface area (Å²) in [5.74, 6) is 0. The minimum Gasteiger partial charge on any atom is -0.394 e. The molecule has 2 rings (SSSR count). The first kappa shape index (κ1) is 14.5. The van der Waals surface area contributed by atoms with Crippen LogP contribution >= 0.6 is 0 Å². The topological polar surface area (TPSA) is 32.3 Å². The lowest BCUT2D eigenvalue weighted by molar-refractivity contribution is 0.142. The molecule has 0 aliphatic heterocycles. The normalized spacial score (nSPS) is 19.5. The number of hydrogen-bond acceptors (Lipinski definition) is 2. The van der Waals surface area contributed by atoms with Crippen molar-refractivity contribution >= 4 is 0 Å². The molecule has 1 aliphatic rings. The molecule has 1 saturated carbocycles. The summed E-state index contributed by atoms with van der Waals surface area (Å²) < 4.78 is 0. The lowest BCUT2D eigenvalue weighted by Crippen LogP contribution is -2.49. The Bertz CT molecular complexity index is 375. The molecule has 2 heteroatoms. The molecule has 19 heavy (non-hydrogen) atoms. The lowest BCUT2D eigenvalue weighted by atomic mass is 9.86. The number of nitrogens with one attached hydrogen (secondary N) is 1. The Labute approximate surface area is 117 Å². The van der Waals surface area contributed by atoms with E-state index in [0.717, 1.165) is 12.8 Å². The van der Waals surface area contributed by atoms with Gasteiger partial charge in [-0.3, -0.25) is 0 Å². The summed E-state index contributed by atoms with van der Waals surface area (Å²) in [5, 5.41) is 13.7. The first-order valence-electron chi connectivity index (χ1n) is 7.72. The third-order valence-electron chi connectivity index (χ3n) is 4.62. The summed E-state index contributed by atoms with van der Waals surface area (Å²) in [6.45, 7) is 4.50. The fourth-order valence-electron chi connectivity index (χ4n) is 3.16. The van der Waals surface area contributed by atoms with Crippen LogP contribution in [0.4, 0.5) is 0 Å². The third kappa shape index (κ3) is 3.18. The summed E-state index contributed by atoms with van der Waals surface area (Å²) >= 11 is 0. The SMILES string of the molecule is CCc1ccc(C(CC)(CO)NC2CCCC2)cc1. The van der Waals surface area contributed by atoms with E-state index >= 15 is 0 Å². The molecule has 0 aromatic heterocycles. The van der Waals surface area contributed by atoms with Gasteiger partial charge in [0.1, 0.15) is 0 Å². The second kappa shape index (κ2) is 6.53. The first-order chi connectivity index (χ1) is 9.24. The molecule has 1 aromatic rings. The van der Waals surface area contributed by atoms with Crippen molar-refractivity contribution in [2.75, 3.05) is 6.61 Å². The molecule has 2 N–H and O–H groups in total. The lowest BCUT2D eigenvalue weighted by Gasteiger charge is -2.36. The van der Waals surface area contributed by atoms with Gasteiger partial charge in [0.25, 0.3) is 0 Å². The van der Waals surface area contributed by atoms with Crippen LogP contribution in [0.5, 0.6) is 0 Å². The number of benzene rings is 1. The van der Waals surface area contributed by atoms with E-state index in [1.54, 1.807) is 0 Å². The monoisotopic (exact) mass is 261 g/mol. The predicted molar refractivity (Wildman–Crippen MR) is 80.3 cm³/mol. The van der Waals surface area contributed by atoms with Gasteiger partial charge in [0, 0.05) is 6.04 Å². The molecule has 1 unspecified atom stereocenters. The van der Waals surface area contributed by atoms with Gasteiger partial charge in [-0.2, -0.15) is 0 Å². The summed E-state index contributed by atoms with van der Waals surface area (Å²) in [6, 6.07) is 9.30. The zero-order valence-corrected chi connectivity index (χ0v) is 12.3. The largest absolute Gasteiger partial charge is 0.394 e. The molecule has 1 fully saturated rings. The molecule has 0 heterocycles. The Kier molecular flexibility index (Phi) is 5.00.